The van der Waals surface area contributed by atoms with Gasteiger partial charge in [0.2, 0.25) is 5.91 Å². The molecular weight excluding hydrogens is 406 g/mol. The van der Waals surface area contributed by atoms with Crippen molar-refractivity contribution in [2.75, 3.05) is 46.4 Å². The fourth-order valence-electron chi connectivity index (χ4n) is 4.41. The van der Waals surface area contributed by atoms with Crippen LogP contribution in [0.5, 0.6) is 0 Å². The molecule has 0 radical (unpaired) electrons. The van der Waals surface area contributed by atoms with Crippen LogP contribution in [0.1, 0.15) is 38.2 Å². The lowest BCUT2D eigenvalue weighted by Crippen LogP contribution is -2.52. The van der Waals surface area contributed by atoms with E-state index in [2.05, 4.69) is 39.9 Å². The summed E-state index contributed by atoms with van der Waals surface area (Å²) in [4.78, 5) is 32.5. The van der Waals surface area contributed by atoms with Crippen LogP contribution in [0.3, 0.4) is 0 Å². The minimum atomic E-state index is -0.244. The average molecular weight is 444 g/mol. The van der Waals surface area contributed by atoms with Crippen LogP contribution < -0.4 is 10.6 Å². The molecule has 176 valence electrons. The first-order valence-corrected chi connectivity index (χ1v) is 11.8. The van der Waals surface area contributed by atoms with Crippen LogP contribution in [0.4, 0.5) is 4.79 Å². The number of benzene rings is 1. The van der Waals surface area contributed by atoms with E-state index in [0.29, 0.717) is 31.6 Å². The number of carbonyl (C=O) groups excluding carboxylic acids is 2. The van der Waals surface area contributed by atoms with E-state index < -0.39 is 0 Å². The van der Waals surface area contributed by atoms with Gasteiger partial charge in [0.1, 0.15) is 0 Å². The molecule has 32 heavy (non-hydrogen) atoms. The van der Waals surface area contributed by atoms with Crippen molar-refractivity contribution in [2.24, 2.45) is 10.9 Å². The van der Waals surface area contributed by atoms with Gasteiger partial charge in [-0.15, -0.1) is 0 Å². The van der Waals surface area contributed by atoms with Gasteiger partial charge >= 0.3 is 6.09 Å². The van der Waals surface area contributed by atoms with Crippen LogP contribution in [0, 0.1) is 5.92 Å². The van der Waals surface area contributed by atoms with Gasteiger partial charge in [-0.3, -0.25) is 9.79 Å². The molecule has 2 amide bonds. The number of nitrogens with zero attached hydrogens (tertiary/aromatic N) is 3. The molecule has 0 aliphatic carbocycles. The molecule has 0 aromatic heterocycles. The van der Waals surface area contributed by atoms with E-state index in [1.807, 2.05) is 17.9 Å². The zero-order chi connectivity index (χ0) is 22.8. The zero-order valence-corrected chi connectivity index (χ0v) is 19.4. The third-order valence-corrected chi connectivity index (χ3v) is 6.33. The van der Waals surface area contributed by atoms with Gasteiger partial charge in [-0.2, -0.15) is 0 Å². The fourth-order valence-corrected chi connectivity index (χ4v) is 4.41. The molecule has 0 atom stereocenters. The van der Waals surface area contributed by atoms with Gasteiger partial charge in [0, 0.05) is 39.3 Å². The highest BCUT2D eigenvalue weighted by Crippen LogP contribution is 2.21. The monoisotopic (exact) mass is 443 g/mol. The molecule has 1 aromatic carbocycles. The second-order valence-electron chi connectivity index (χ2n) is 8.54. The zero-order valence-electron chi connectivity index (χ0n) is 19.4. The van der Waals surface area contributed by atoms with Crippen molar-refractivity contribution in [1.29, 1.82) is 0 Å². The third-order valence-electron chi connectivity index (χ3n) is 6.33. The van der Waals surface area contributed by atoms with Gasteiger partial charge in [-0.25, -0.2) is 4.79 Å². The van der Waals surface area contributed by atoms with E-state index in [4.69, 9.17) is 4.74 Å². The Bertz CT molecular complexity index is 754. The molecule has 0 saturated carbocycles. The maximum Gasteiger partial charge on any atom is 0.409 e. The van der Waals surface area contributed by atoms with Gasteiger partial charge in [0.25, 0.3) is 0 Å². The summed E-state index contributed by atoms with van der Waals surface area (Å²) in [6, 6.07) is 10.8. The number of carbonyl (C=O) groups is 2. The molecule has 0 unspecified atom stereocenters. The first-order valence-electron chi connectivity index (χ1n) is 11.8. The van der Waals surface area contributed by atoms with Gasteiger partial charge < -0.3 is 25.2 Å². The summed E-state index contributed by atoms with van der Waals surface area (Å²) in [7, 11) is 1.71. The number of aliphatic imine (C=N–C) groups is 1. The van der Waals surface area contributed by atoms with E-state index in [1.165, 1.54) is 5.56 Å². The molecule has 1 aromatic rings. The number of hydrogen-bond donors (Lipinski definition) is 2. The first-order chi connectivity index (χ1) is 15.6. The minimum Gasteiger partial charge on any atom is -0.450 e. The lowest BCUT2D eigenvalue weighted by Gasteiger charge is -2.33. The van der Waals surface area contributed by atoms with Crippen molar-refractivity contribution in [1.82, 2.24) is 20.4 Å². The molecular formula is C24H37N5O3. The van der Waals surface area contributed by atoms with Gasteiger partial charge in [0.05, 0.1) is 13.2 Å². The summed E-state index contributed by atoms with van der Waals surface area (Å²) in [5, 5.41) is 6.54. The second-order valence-corrected chi connectivity index (χ2v) is 8.54. The van der Waals surface area contributed by atoms with Crippen LogP contribution in [0.15, 0.2) is 35.3 Å². The van der Waals surface area contributed by atoms with Crippen LogP contribution in [0.25, 0.3) is 0 Å². The van der Waals surface area contributed by atoms with E-state index in [1.54, 1.807) is 11.9 Å². The van der Waals surface area contributed by atoms with Crippen molar-refractivity contribution in [3.63, 3.8) is 0 Å². The maximum atomic E-state index is 12.7. The van der Waals surface area contributed by atoms with E-state index in [9.17, 15) is 9.59 Å². The summed E-state index contributed by atoms with van der Waals surface area (Å²) < 4.78 is 5.07. The number of hydrogen-bond acceptors (Lipinski definition) is 4. The molecule has 2 heterocycles. The smallest absolute Gasteiger partial charge is 0.409 e. The number of amides is 2. The quantitative estimate of drug-likeness (QED) is 0.520. The highest BCUT2D eigenvalue weighted by molar-refractivity contribution is 5.86. The number of likely N-dealkylation sites (tertiary alicyclic amines) is 2. The Morgan fingerprint density at radius 3 is 2.31 bits per heavy atom. The van der Waals surface area contributed by atoms with Crippen molar-refractivity contribution in [2.45, 2.75) is 45.1 Å². The van der Waals surface area contributed by atoms with E-state index in [0.717, 1.165) is 45.2 Å². The third kappa shape index (κ3) is 7.14. The summed E-state index contributed by atoms with van der Waals surface area (Å²) in [5.74, 6) is 1.39. The highest BCUT2D eigenvalue weighted by atomic mass is 16.6. The largest absolute Gasteiger partial charge is 0.450 e. The Hall–Kier alpha value is -2.77. The standard InChI is InChI=1S/C24H37N5O3/c1-3-32-24(31)29-15-11-21(12-16-29)27-23(25-2)26-18-22(30)28-13-9-20(10-14-28)17-19-7-5-4-6-8-19/h4-8,20-21H,3,9-18H2,1-2H3,(H2,25,26,27). The molecule has 8 nitrogen and oxygen atoms in total. The molecule has 2 saturated heterocycles. The lowest BCUT2D eigenvalue weighted by molar-refractivity contribution is -0.131. The molecule has 2 aliphatic heterocycles. The maximum absolute atomic E-state index is 12.7. The van der Waals surface area contributed by atoms with E-state index in [-0.39, 0.29) is 24.6 Å². The number of nitrogens with one attached hydrogen (secondary N) is 2. The van der Waals surface area contributed by atoms with Crippen molar-refractivity contribution in [3.05, 3.63) is 35.9 Å². The number of piperidine rings is 2. The molecule has 2 fully saturated rings. The van der Waals surface area contributed by atoms with Gasteiger partial charge in [0.15, 0.2) is 5.96 Å². The SMILES string of the molecule is CCOC(=O)N1CCC(NC(=NC)NCC(=O)N2CCC(Cc3ccccc3)CC2)CC1. The summed E-state index contributed by atoms with van der Waals surface area (Å²) in [6.07, 6.45) is 4.59. The minimum absolute atomic E-state index is 0.114. The van der Waals surface area contributed by atoms with Crippen molar-refractivity contribution in [3.8, 4) is 0 Å². The Kier molecular flexibility index (Phi) is 9.19. The first kappa shape index (κ1) is 23.9. The predicted molar refractivity (Wildman–Crippen MR) is 126 cm³/mol. The summed E-state index contributed by atoms with van der Waals surface area (Å²) >= 11 is 0. The topological polar surface area (TPSA) is 86.3 Å². The summed E-state index contributed by atoms with van der Waals surface area (Å²) in [6.45, 7) is 5.40. The second kappa shape index (κ2) is 12.3. The Morgan fingerprint density at radius 2 is 1.69 bits per heavy atom. The molecule has 0 spiro atoms. The van der Waals surface area contributed by atoms with E-state index >= 15 is 0 Å². The Morgan fingerprint density at radius 1 is 1.03 bits per heavy atom. The van der Waals surface area contributed by atoms with Crippen molar-refractivity contribution < 1.29 is 14.3 Å². The number of ether oxygens (including phenoxy) is 1. The van der Waals surface area contributed by atoms with Crippen LogP contribution >= 0.6 is 0 Å². The number of rotatable bonds is 6. The highest BCUT2D eigenvalue weighted by Gasteiger charge is 2.25. The van der Waals surface area contributed by atoms with Crippen LogP contribution in [-0.2, 0) is 16.0 Å². The number of guanidine groups is 1. The van der Waals surface area contributed by atoms with Crippen LogP contribution in [0.2, 0.25) is 0 Å². The fraction of sp³-hybridized carbons (Fsp3) is 0.625. The van der Waals surface area contributed by atoms with Crippen LogP contribution in [-0.4, -0.2) is 80.2 Å². The predicted octanol–water partition coefficient (Wildman–Crippen LogP) is 2.25. The lowest BCUT2D eigenvalue weighted by atomic mass is 9.90. The average Bonchev–Trinajstić information content (AvgIpc) is 2.83. The Labute approximate surface area is 191 Å². The normalized spacial score (nSPS) is 18.4. The summed E-state index contributed by atoms with van der Waals surface area (Å²) in [5.41, 5.74) is 1.38. The molecule has 0 bridgehead atoms. The van der Waals surface area contributed by atoms with Gasteiger partial charge in [-0.05, 0) is 50.5 Å². The molecule has 8 heteroatoms. The van der Waals surface area contributed by atoms with Gasteiger partial charge in [-0.1, -0.05) is 30.3 Å². The molecule has 2 N–H and O–H groups in total. The van der Waals surface area contributed by atoms with Crippen molar-refractivity contribution >= 4 is 18.0 Å². The molecule has 2 aliphatic rings. The Balaban J connectivity index is 1.35. The molecule has 3 rings (SSSR count).